The summed E-state index contributed by atoms with van der Waals surface area (Å²) in [4.78, 5) is 24.7. The smallest absolute Gasteiger partial charge is 0.347 e. The van der Waals surface area contributed by atoms with E-state index in [4.69, 9.17) is 9.15 Å². The first-order chi connectivity index (χ1) is 12.2. The van der Waals surface area contributed by atoms with Gasteiger partial charge in [-0.15, -0.1) is 5.10 Å². The number of hydrogen-bond donors (Lipinski definition) is 0. The summed E-state index contributed by atoms with van der Waals surface area (Å²) in [6.07, 6.45) is 3.39. The molecule has 0 spiro atoms. The average molecular weight is 339 g/mol. The third-order valence-corrected chi connectivity index (χ3v) is 4.05. The molecular formula is C18H17N3O4. The SMILES string of the molecule is O=C(Cn1nc(-c2ccco2)n(C2CC2)c1=O)OCc1ccccc1. The van der Waals surface area contributed by atoms with Gasteiger partial charge < -0.3 is 9.15 Å². The molecule has 2 aromatic heterocycles. The molecule has 0 aliphatic heterocycles. The molecule has 128 valence electrons. The number of ether oxygens (including phenoxy) is 1. The van der Waals surface area contributed by atoms with E-state index in [0.717, 1.165) is 23.1 Å². The second kappa shape index (κ2) is 6.43. The zero-order chi connectivity index (χ0) is 17.2. The van der Waals surface area contributed by atoms with Gasteiger partial charge in [0.1, 0.15) is 13.2 Å². The van der Waals surface area contributed by atoms with E-state index in [9.17, 15) is 9.59 Å². The minimum absolute atomic E-state index is 0.127. The Kier molecular flexibility index (Phi) is 3.97. The van der Waals surface area contributed by atoms with E-state index in [2.05, 4.69) is 5.10 Å². The first-order valence-electron chi connectivity index (χ1n) is 8.15. The number of carbonyl (C=O) groups is 1. The second-order valence-corrected chi connectivity index (χ2v) is 5.99. The molecule has 2 heterocycles. The Morgan fingerprint density at radius 1 is 1.20 bits per heavy atom. The molecule has 7 nitrogen and oxygen atoms in total. The zero-order valence-corrected chi connectivity index (χ0v) is 13.5. The van der Waals surface area contributed by atoms with E-state index in [0.29, 0.717) is 11.6 Å². The van der Waals surface area contributed by atoms with Crippen LogP contribution in [0.5, 0.6) is 0 Å². The fourth-order valence-electron chi connectivity index (χ4n) is 2.66. The Hall–Kier alpha value is -3.09. The van der Waals surface area contributed by atoms with E-state index >= 15 is 0 Å². The van der Waals surface area contributed by atoms with Crippen LogP contribution in [0.2, 0.25) is 0 Å². The average Bonchev–Trinajstić information content (AvgIpc) is 3.21. The summed E-state index contributed by atoms with van der Waals surface area (Å²) in [7, 11) is 0. The molecule has 0 amide bonds. The molecular weight excluding hydrogens is 322 g/mol. The lowest BCUT2D eigenvalue weighted by Gasteiger charge is -2.04. The Morgan fingerprint density at radius 3 is 2.68 bits per heavy atom. The predicted octanol–water partition coefficient (Wildman–Crippen LogP) is 2.38. The van der Waals surface area contributed by atoms with Crippen LogP contribution in [-0.2, 0) is 22.7 Å². The van der Waals surface area contributed by atoms with Gasteiger partial charge in [-0.2, -0.15) is 0 Å². The van der Waals surface area contributed by atoms with Crippen molar-refractivity contribution < 1.29 is 13.9 Å². The summed E-state index contributed by atoms with van der Waals surface area (Å²) in [6, 6.07) is 13.0. The number of aromatic nitrogens is 3. The Morgan fingerprint density at radius 2 is 2.00 bits per heavy atom. The van der Waals surface area contributed by atoms with Crippen LogP contribution in [0.1, 0.15) is 24.4 Å². The lowest BCUT2D eigenvalue weighted by Crippen LogP contribution is -2.28. The summed E-state index contributed by atoms with van der Waals surface area (Å²) >= 11 is 0. The lowest BCUT2D eigenvalue weighted by molar-refractivity contribution is -0.146. The first kappa shape index (κ1) is 15.4. The van der Waals surface area contributed by atoms with Crippen LogP contribution in [0.25, 0.3) is 11.6 Å². The van der Waals surface area contributed by atoms with Crippen LogP contribution in [0.4, 0.5) is 0 Å². The largest absolute Gasteiger partial charge is 0.461 e. The number of carbonyl (C=O) groups excluding carboxylic acids is 1. The standard InChI is InChI=1S/C18H17N3O4/c22-16(25-12-13-5-2-1-3-6-13)11-20-18(23)21(14-8-9-14)17(19-20)15-7-4-10-24-15/h1-7,10,14H,8-9,11-12H2. The molecule has 3 aromatic rings. The normalized spacial score (nSPS) is 13.8. The van der Waals surface area contributed by atoms with Gasteiger partial charge in [0.2, 0.25) is 5.82 Å². The highest BCUT2D eigenvalue weighted by Gasteiger charge is 2.31. The van der Waals surface area contributed by atoms with Crippen molar-refractivity contribution in [3.8, 4) is 11.6 Å². The van der Waals surface area contributed by atoms with E-state index in [1.165, 1.54) is 6.26 Å². The summed E-state index contributed by atoms with van der Waals surface area (Å²) in [5, 5.41) is 4.28. The number of rotatable bonds is 6. The summed E-state index contributed by atoms with van der Waals surface area (Å²) in [6.45, 7) is -0.0537. The Labute approximate surface area is 143 Å². The molecule has 0 radical (unpaired) electrons. The number of hydrogen-bond acceptors (Lipinski definition) is 5. The van der Waals surface area contributed by atoms with Gasteiger partial charge in [0.05, 0.1) is 6.26 Å². The van der Waals surface area contributed by atoms with E-state index < -0.39 is 5.97 Å². The van der Waals surface area contributed by atoms with Crippen LogP contribution in [0, 0.1) is 0 Å². The number of esters is 1. The van der Waals surface area contributed by atoms with Crippen molar-refractivity contribution in [2.75, 3.05) is 0 Å². The fourth-order valence-corrected chi connectivity index (χ4v) is 2.66. The van der Waals surface area contributed by atoms with Gasteiger partial charge in [0, 0.05) is 6.04 Å². The van der Waals surface area contributed by atoms with Crippen LogP contribution in [-0.4, -0.2) is 20.3 Å². The van der Waals surface area contributed by atoms with Crippen LogP contribution < -0.4 is 5.69 Å². The summed E-state index contributed by atoms with van der Waals surface area (Å²) < 4.78 is 13.3. The topological polar surface area (TPSA) is 79.3 Å². The molecule has 0 N–H and O–H groups in total. The Bertz CT molecular complexity index is 921. The van der Waals surface area contributed by atoms with Crippen molar-refractivity contribution in [2.24, 2.45) is 0 Å². The van der Waals surface area contributed by atoms with Crippen LogP contribution in [0.15, 0.2) is 57.9 Å². The highest BCUT2D eigenvalue weighted by atomic mass is 16.5. The monoisotopic (exact) mass is 339 g/mol. The van der Waals surface area contributed by atoms with Gasteiger partial charge in [0.25, 0.3) is 0 Å². The highest BCUT2D eigenvalue weighted by Crippen LogP contribution is 2.36. The van der Waals surface area contributed by atoms with Gasteiger partial charge >= 0.3 is 11.7 Å². The van der Waals surface area contributed by atoms with Gasteiger partial charge in [-0.05, 0) is 30.5 Å². The van der Waals surface area contributed by atoms with Crippen molar-refractivity contribution in [2.45, 2.75) is 32.0 Å². The first-order valence-corrected chi connectivity index (χ1v) is 8.15. The van der Waals surface area contributed by atoms with Gasteiger partial charge in [0.15, 0.2) is 5.76 Å². The molecule has 0 bridgehead atoms. The third-order valence-electron chi connectivity index (χ3n) is 4.05. The van der Waals surface area contributed by atoms with Gasteiger partial charge in [-0.1, -0.05) is 30.3 Å². The quantitative estimate of drug-likeness (QED) is 0.644. The number of furan rings is 1. The summed E-state index contributed by atoms with van der Waals surface area (Å²) in [5.41, 5.74) is 0.577. The third kappa shape index (κ3) is 3.26. The molecule has 1 fully saturated rings. The molecule has 0 atom stereocenters. The van der Waals surface area contributed by atoms with Gasteiger partial charge in [-0.3, -0.25) is 9.36 Å². The van der Waals surface area contributed by atoms with Crippen molar-refractivity contribution in [1.82, 2.24) is 14.3 Å². The van der Waals surface area contributed by atoms with Crippen LogP contribution in [0.3, 0.4) is 0 Å². The number of nitrogens with zero attached hydrogens (tertiary/aromatic N) is 3. The van der Waals surface area contributed by atoms with Crippen molar-refractivity contribution in [3.05, 3.63) is 64.8 Å². The molecule has 4 rings (SSSR count). The summed E-state index contributed by atoms with van der Waals surface area (Å²) in [5.74, 6) is 0.464. The minimum atomic E-state index is -0.502. The Balaban J connectivity index is 1.51. The highest BCUT2D eigenvalue weighted by molar-refractivity contribution is 5.69. The molecule has 1 saturated carbocycles. The minimum Gasteiger partial charge on any atom is -0.461 e. The predicted molar refractivity (Wildman–Crippen MR) is 88.7 cm³/mol. The van der Waals surface area contributed by atoms with E-state index in [-0.39, 0.29) is 24.9 Å². The molecule has 1 aliphatic carbocycles. The van der Waals surface area contributed by atoms with E-state index in [1.807, 2.05) is 30.3 Å². The maximum absolute atomic E-state index is 12.6. The van der Waals surface area contributed by atoms with Crippen LogP contribution >= 0.6 is 0 Å². The van der Waals surface area contributed by atoms with E-state index in [1.54, 1.807) is 16.7 Å². The maximum atomic E-state index is 12.6. The molecule has 1 aliphatic rings. The second-order valence-electron chi connectivity index (χ2n) is 5.99. The number of benzene rings is 1. The molecule has 0 saturated heterocycles. The molecule has 1 aromatic carbocycles. The maximum Gasteiger partial charge on any atom is 0.347 e. The zero-order valence-electron chi connectivity index (χ0n) is 13.5. The van der Waals surface area contributed by atoms with Gasteiger partial charge in [-0.25, -0.2) is 9.48 Å². The fraction of sp³-hybridized carbons (Fsp3) is 0.278. The molecule has 0 unspecified atom stereocenters. The molecule has 7 heteroatoms. The van der Waals surface area contributed by atoms with Crippen molar-refractivity contribution >= 4 is 5.97 Å². The molecule has 25 heavy (non-hydrogen) atoms. The lowest BCUT2D eigenvalue weighted by atomic mass is 10.2. The van der Waals surface area contributed by atoms with Crippen molar-refractivity contribution in [1.29, 1.82) is 0 Å². The van der Waals surface area contributed by atoms with Crippen molar-refractivity contribution in [3.63, 3.8) is 0 Å².